The van der Waals surface area contributed by atoms with Crippen molar-refractivity contribution in [1.82, 2.24) is 20.4 Å². The van der Waals surface area contributed by atoms with E-state index in [0.717, 1.165) is 28.8 Å². The number of phenolic OH excluding ortho intramolecular Hbond substituents is 1. The lowest BCUT2D eigenvalue weighted by Crippen LogP contribution is -2.34. The topological polar surface area (TPSA) is 77.9 Å². The lowest BCUT2D eigenvalue weighted by molar-refractivity contribution is 0.446. The van der Waals surface area contributed by atoms with Crippen LogP contribution in [0.25, 0.3) is 22.4 Å². The van der Waals surface area contributed by atoms with Gasteiger partial charge >= 0.3 is 0 Å². The fraction of sp³-hybridized carbons (Fsp3) is 0.435. The number of H-pyrrole nitrogens is 1. The van der Waals surface area contributed by atoms with Crippen molar-refractivity contribution >= 4 is 5.82 Å². The Balaban J connectivity index is 1.53. The summed E-state index contributed by atoms with van der Waals surface area (Å²) in [6.45, 7) is 4.70. The molecule has 1 unspecified atom stereocenters. The first-order valence-corrected chi connectivity index (χ1v) is 10.4. The maximum absolute atomic E-state index is 10.5. The highest BCUT2D eigenvalue weighted by atomic mass is 16.3. The Kier molecular flexibility index (Phi) is 5.51. The Bertz CT molecular complexity index is 926. The van der Waals surface area contributed by atoms with E-state index in [4.69, 9.17) is 0 Å². The number of hydrogen-bond acceptors (Lipinski definition) is 5. The molecular formula is C23H29N5O. The summed E-state index contributed by atoms with van der Waals surface area (Å²) in [7, 11) is 2.12. The third-order valence-corrected chi connectivity index (χ3v) is 6.17. The summed E-state index contributed by atoms with van der Waals surface area (Å²) in [4.78, 5) is 2.27. The molecule has 1 fully saturated rings. The standard InChI is InChI=1S/C23H29N5O/c1-15-4-5-16(2)11-19(10-15)28(3)23-9-8-21(26-27-23)20-7-6-17(12-22(20)29)18-13-24-25-14-18/h6-9,12-16,19,29H,4-5,10-11H2,1-3H3,(H,24,25)/t15-,16+,19?. The minimum atomic E-state index is 0.186. The van der Waals surface area contributed by atoms with Gasteiger partial charge in [-0.15, -0.1) is 10.2 Å². The molecule has 29 heavy (non-hydrogen) atoms. The molecule has 0 aliphatic heterocycles. The molecule has 6 heteroatoms. The first-order chi connectivity index (χ1) is 14.0. The van der Waals surface area contributed by atoms with E-state index in [1.165, 1.54) is 25.7 Å². The van der Waals surface area contributed by atoms with Crippen molar-refractivity contribution in [3.05, 3.63) is 42.7 Å². The number of phenols is 1. The smallest absolute Gasteiger partial charge is 0.151 e. The van der Waals surface area contributed by atoms with Crippen molar-refractivity contribution in [2.75, 3.05) is 11.9 Å². The fourth-order valence-electron chi connectivity index (χ4n) is 4.33. The number of nitrogens with zero attached hydrogens (tertiary/aromatic N) is 4. The predicted octanol–water partition coefficient (Wildman–Crippen LogP) is 4.89. The fourth-order valence-corrected chi connectivity index (χ4v) is 4.33. The van der Waals surface area contributed by atoms with Gasteiger partial charge in [0.25, 0.3) is 0 Å². The van der Waals surface area contributed by atoms with Crippen LogP contribution in [0.4, 0.5) is 5.82 Å². The second kappa shape index (κ2) is 8.23. The molecule has 6 nitrogen and oxygen atoms in total. The molecule has 0 amide bonds. The average Bonchev–Trinajstić information content (AvgIpc) is 3.20. The first-order valence-electron chi connectivity index (χ1n) is 10.4. The van der Waals surface area contributed by atoms with Gasteiger partial charge < -0.3 is 10.0 Å². The van der Waals surface area contributed by atoms with Crippen LogP contribution >= 0.6 is 0 Å². The van der Waals surface area contributed by atoms with Crippen LogP contribution in [0.2, 0.25) is 0 Å². The highest BCUT2D eigenvalue weighted by molar-refractivity contribution is 5.73. The number of aromatic nitrogens is 4. The van der Waals surface area contributed by atoms with Crippen LogP contribution in [0.5, 0.6) is 5.75 Å². The van der Waals surface area contributed by atoms with Crippen molar-refractivity contribution in [2.24, 2.45) is 11.8 Å². The molecular weight excluding hydrogens is 362 g/mol. The molecule has 0 bridgehead atoms. The molecule has 2 heterocycles. The molecule has 1 aromatic carbocycles. The van der Waals surface area contributed by atoms with E-state index >= 15 is 0 Å². The maximum Gasteiger partial charge on any atom is 0.151 e. The van der Waals surface area contributed by atoms with Crippen molar-refractivity contribution in [2.45, 2.75) is 45.6 Å². The third-order valence-electron chi connectivity index (χ3n) is 6.17. The molecule has 3 aromatic rings. The summed E-state index contributed by atoms with van der Waals surface area (Å²) in [5.41, 5.74) is 3.18. The summed E-state index contributed by atoms with van der Waals surface area (Å²) in [6, 6.07) is 10.00. The summed E-state index contributed by atoms with van der Waals surface area (Å²) in [5, 5.41) is 26.1. The van der Waals surface area contributed by atoms with Crippen LogP contribution in [0.3, 0.4) is 0 Å². The van der Waals surface area contributed by atoms with Gasteiger partial charge in [-0.3, -0.25) is 5.10 Å². The lowest BCUT2D eigenvalue weighted by Gasteiger charge is -2.30. The average molecular weight is 392 g/mol. The number of benzene rings is 1. The maximum atomic E-state index is 10.5. The molecule has 3 atom stereocenters. The number of aromatic hydroxyl groups is 1. The van der Waals surface area contributed by atoms with Gasteiger partial charge in [0, 0.05) is 30.4 Å². The van der Waals surface area contributed by atoms with Gasteiger partial charge in [-0.1, -0.05) is 32.8 Å². The summed E-state index contributed by atoms with van der Waals surface area (Å²) in [5.74, 6) is 2.55. The minimum absolute atomic E-state index is 0.186. The van der Waals surface area contributed by atoms with Crippen LogP contribution in [0.15, 0.2) is 42.7 Å². The number of anilines is 1. The lowest BCUT2D eigenvalue weighted by atomic mass is 9.98. The van der Waals surface area contributed by atoms with Crippen molar-refractivity contribution in [3.63, 3.8) is 0 Å². The Morgan fingerprint density at radius 2 is 1.76 bits per heavy atom. The first kappa shape index (κ1) is 19.4. The number of nitrogens with one attached hydrogen (secondary N) is 1. The molecule has 1 saturated carbocycles. The van der Waals surface area contributed by atoms with E-state index in [-0.39, 0.29) is 5.75 Å². The van der Waals surface area contributed by atoms with Gasteiger partial charge in [0.2, 0.25) is 0 Å². The van der Waals surface area contributed by atoms with Crippen molar-refractivity contribution in [1.29, 1.82) is 0 Å². The Labute approximate surface area is 172 Å². The number of rotatable bonds is 4. The third kappa shape index (κ3) is 4.26. The monoisotopic (exact) mass is 391 g/mol. The van der Waals surface area contributed by atoms with Gasteiger partial charge in [-0.25, -0.2) is 0 Å². The second-order valence-corrected chi connectivity index (χ2v) is 8.52. The molecule has 0 radical (unpaired) electrons. The summed E-state index contributed by atoms with van der Waals surface area (Å²) < 4.78 is 0. The zero-order valence-electron chi connectivity index (χ0n) is 17.3. The summed E-state index contributed by atoms with van der Waals surface area (Å²) >= 11 is 0. The van der Waals surface area contributed by atoms with Crippen LogP contribution < -0.4 is 4.90 Å². The molecule has 1 aliphatic rings. The molecule has 1 aliphatic carbocycles. The van der Waals surface area contributed by atoms with Gasteiger partial charge in [0.05, 0.1) is 11.9 Å². The van der Waals surface area contributed by atoms with Crippen LogP contribution in [0, 0.1) is 11.8 Å². The van der Waals surface area contributed by atoms with E-state index in [1.54, 1.807) is 18.5 Å². The van der Waals surface area contributed by atoms with E-state index in [0.29, 0.717) is 17.3 Å². The minimum Gasteiger partial charge on any atom is -0.507 e. The Hall–Kier alpha value is -2.89. The van der Waals surface area contributed by atoms with Gasteiger partial charge in [-0.2, -0.15) is 5.10 Å². The van der Waals surface area contributed by atoms with E-state index in [2.05, 4.69) is 46.2 Å². The number of hydrogen-bond donors (Lipinski definition) is 2. The van der Waals surface area contributed by atoms with E-state index < -0.39 is 0 Å². The quantitative estimate of drug-likeness (QED) is 0.619. The van der Waals surface area contributed by atoms with E-state index in [9.17, 15) is 5.11 Å². The highest BCUT2D eigenvalue weighted by Gasteiger charge is 2.25. The van der Waals surface area contributed by atoms with Crippen LogP contribution in [-0.4, -0.2) is 38.6 Å². The van der Waals surface area contributed by atoms with Gasteiger partial charge in [0.15, 0.2) is 5.82 Å². The highest BCUT2D eigenvalue weighted by Crippen LogP contribution is 2.34. The largest absolute Gasteiger partial charge is 0.507 e. The van der Waals surface area contributed by atoms with Crippen molar-refractivity contribution in [3.8, 4) is 28.1 Å². The second-order valence-electron chi connectivity index (χ2n) is 8.52. The van der Waals surface area contributed by atoms with E-state index in [1.807, 2.05) is 24.3 Å². The molecule has 0 saturated heterocycles. The molecule has 0 spiro atoms. The molecule has 152 valence electrons. The molecule has 4 rings (SSSR count). The van der Waals surface area contributed by atoms with Crippen molar-refractivity contribution < 1.29 is 5.11 Å². The molecule has 2 N–H and O–H groups in total. The Morgan fingerprint density at radius 1 is 1.00 bits per heavy atom. The van der Waals surface area contributed by atoms with Crippen LogP contribution in [-0.2, 0) is 0 Å². The zero-order valence-corrected chi connectivity index (χ0v) is 17.3. The Morgan fingerprint density at radius 3 is 2.34 bits per heavy atom. The summed E-state index contributed by atoms with van der Waals surface area (Å²) in [6.07, 6.45) is 8.54. The SMILES string of the molecule is C[C@@H]1CC[C@H](C)CC(N(C)c2ccc(-c3ccc(-c4cn[nH]c4)cc3O)nn2)C1. The predicted molar refractivity (Wildman–Crippen MR) is 116 cm³/mol. The zero-order chi connectivity index (χ0) is 20.4. The van der Waals surface area contributed by atoms with Gasteiger partial charge in [-0.05, 0) is 54.5 Å². The van der Waals surface area contributed by atoms with Crippen LogP contribution in [0.1, 0.15) is 39.5 Å². The normalized spacial score (nSPS) is 22.2. The molecule has 2 aromatic heterocycles. The number of aromatic amines is 1. The van der Waals surface area contributed by atoms with Gasteiger partial charge in [0.1, 0.15) is 5.75 Å².